The first-order valence-electron chi connectivity index (χ1n) is 9.79. The van der Waals surface area contributed by atoms with Crippen LogP contribution in [0.25, 0.3) is 0 Å². The van der Waals surface area contributed by atoms with Gasteiger partial charge in [0, 0.05) is 18.0 Å². The van der Waals surface area contributed by atoms with Crippen molar-refractivity contribution in [2.75, 3.05) is 13.1 Å². The van der Waals surface area contributed by atoms with Crippen molar-refractivity contribution < 1.29 is 0 Å². The van der Waals surface area contributed by atoms with Crippen LogP contribution in [0.5, 0.6) is 0 Å². The molecule has 0 fully saturated rings. The van der Waals surface area contributed by atoms with Crippen molar-refractivity contribution >= 4 is 28.3 Å². The summed E-state index contributed by atoms with van der Waals surface area (Å²) >= 11 is 7.49. The van der Waals surface area contributed by atoms with E-state index < -0.39 is 0 Å². The van der Waals surface area contributed by atoms with Gasteiger partial charge in [-0.1, -0.05) is 107 Å². The van der Waals surface area contributed by atoms with E-state index in [-0.39, 0.29) is 0 Å². The third-order valence-electron chi connectivity index (χ3n) is 4.27. The Bertz CT molecular complexity index is 405. The van der Waals surface area contributed by atoms with Gasteiger partial charge in [0.1, 0.15) is 4.32 Å². The van der Waals surface area contributed by atoms with Gasteiger partial charge in [0.2, 0.25) is 0 Å². The maximum Gasteiger partial charge on any atom is 0.141 e. The molecule has 1 aromatic carbocycles. The minimum atomic E-state index is 1.05. The highest BCUT2D eigenvalue weighted by Gasteiger charge is 2.10. The SMILES string of the molecule is CCCCCCCN(CCCCCCC)C(=S)Sc1ccccc1. The zero-order chi connectivity index (χ0) is 17.5. The van der Waals surface area contributed by atoms with Crippen LogP contribution in [0, 0.1) is 0 Å². The normalized spacial score (nSPS) is 10.8. The molecule has 0 atom stereocenters. The van der Waals surface area contributed by atoms with Crippen LogP contribution in [0.4, 0.5) is 0 Å². The van der Waals surface area contributed by atoms with Crippen molar-refractivity contribution in [2.24, 2.45) is 0 Å². The Morgan fingerprint density at radius 1 is 0.792 bits per heavy atom. The summed E-state index contributed by atoms with van der Waals surface area (Å²) in [6.45, 7) is 6.79. The molecule has 0 aliphatic carbocycles. The lowest BCUT2D eigenvalue weighted by Crippen LogP contribution is -2.29. The number of hydrogen-bond donors (Lipinski definition) is 0. The maximum atomic E-state index is 5.75. The molecule has 0 bridgehead atoms. The number of rotatable bonds is 13. The van der Waals surface area contributed by atoms with E-state index >= 15 is 0 Å². The molecule has 24 heavy (non-hydrogen) atoms. The molecule has 1 nitrogen and oxygen atoms in total. The molecule has 0 spiro atoms. The van der Waals surface area contributed by atoms with E-state index in [1.807, 2.05) is 0 Å². The van der Waals surface area contributed by atoms with Crippen molar-refractivity contribution in [1.29, 1.82) is 0 Å². The molecule has 0 saturated heterocycles. The van der Waals surface area contributed by atoms with Gasteiger partial charge in [-0.15, -0.1) is 0 Å². The van der Waals surface area contributed by atoms with E-state index in [2.05, 4.69) is 49.1 Å². The lowest BCUT2D eigenvalue weighted by molar-refractivity contribution is 0.396. The van der Waals surface area contributed by atoms with Gasteiger partial charge >= 0.3 is 0 Å². The van der Waals surface area contributed by atoms with Crippen molar-refractivity contribution in [3.05, 3.63) is 30.3 Å². The Morgan fingerprint density at radius 2 is 1.29 bits per heavy atom. The van der Waals surface area contributed by atoms with Crippen LogP contribution >= 0.6 is 24.0 Å². The van der Waals surface area contributed by atoms with Crippen molar-refractivity contribution in [2.45, 2.75) is 83.0 Å². The van der Waals surface area contributed by atoms with E-state index in [1.165, 1.54) is 69.1 Å². The second-order valence-electron chi connectivity index (χ2n) is 6.50. The van der Waals surface area contributed by atoms with Gasteiger partial charge in [0.25, 0.3) is 0 Å². The van der Waals surface area contributed by atoms with Gasteiger partial charge in [-0.05, 0) is 25.0 Å². The van der Waals surface area contributed by atoms with Crippen LogP contribution in [0.3, 0.4) is 0 Å². The summed E-state index contributed by atoms with van der Waals surface area (Å²) in [6.07, 6.45) is 13.3. The monoisotopic (exact) mass is 365 g/mol. The zero-order valence-electron chi connectivity index (χ0n) is 15.6. The van der Waals surface area contributed by atoms with E-state index in [1.54, 1.807) is 11.8 Å². The van der Waals surface area contributed by atoms with Gasteiger partial charge in [-0.25, -0.2) is 0 Å². The first-order chi connectivity index (χ1) is 11.8. The molecule has 1 aromatic rings. The van der Waals surface area contributed by atoms with E-state index in [0.29, 0.717) is 0 Å². The molecule has 0 radical (unpaired) electrons. The molecule has 1 rings (SSSR count). The minimum absolute atomic E-state index is 1.05. The average Bonchev–Trinajstić information content (AvgIpc) is 2.60. The predicted molar refractivity (Wildman–Crippen MR) is 114 cm³/mol. The van der Waals surface area contributed by atoms with Crippen LogP contribution in [-0.2, 0) is 0 Å². The quantitative estimate of drug-likeness (QED) is 0.205. The molecular weight excluding hydrogens is 330 g/mol. The van der Waals surface area contributed by atoms with Crippen molar-refractivity contribution in [3.63, 3.8) is 0 Å². The summed E-state index contributed by atoms with van der Waals surface area (Å²) < 4.78 is 1.05. The summed E-state index contributed by atoms with van der Waals surface area (Å²) in [5.74, 6) is 0. The second-order valence-corrected chi connectivity index (χ2v) is 8.20. The topological polar surface area (TPSA) is 3.24 Å². The Kier molecular flexibility index (Phi) is 13.2. The van der Waals surface area contributed by atoms with Gasteiger partial charge in [-0.3, -0.25) is 0 Å². The molecule has 0 aliphatic rings. The summed E-state index contributed by atoms with van der Waals surface area (Å²) in [4.78, 5) is 3.70. The first-order valence-corrected chi connectivity index (χ1v) is 11.0. The molecule has 0 N–H and O–H groups in total. The van der Waals surface area contributed by atoms with Gasteiger partial charge < -0.3 is 4.90 Å². The third kappa shape index (κ3) is 10.4. The molecule has 0 amide bonds. The lowest BCUT2D eigenvalue weighted by Gasteiger charge is -2.25. The fourth-order valence-electron chi connectivity index (χ4n) is 2.76. The Labute approximate surface area is 159 Å². The summed E-state index contributed by atoms with van der Waals surface area (Å²) in [5, 5.41) is 0. The third-order valence-corrected chi connectivity index (χ3v) is 5.72. The highest BCUT2D eigenvalue weighted by molar-refractivity contribution is 8.22. The van der Waals surface area contributed by atoms with Crippen LogP contribution < -0.4 is 0 Å². The summed E-state index contributed by atoms with van der Waals surface area (Å²) in [6, 6.07) is 10.5. The van der Waals surface area contributed by atoms with Crippen LogP contribution in [0.1, 0.15) is 78.1 Å². The van der Waals surface area contributed by atoms with E-state index in [4.69, 9.17) is 12.2 Å². The predicted octanol–water partition coefficient (Wildman–Crippen LogP) is 7.31. The average molecular weight is 366 g/mol. The Balaban J connectivity index is 2.40. The Hall–Kier alpha value is -0.540. The van der Waals surface area contributed by atoms with Gasteiger partial charge in [-0.2, -0.15) is 0 Å². The number of thiocarbonyl (C=S) groups is 1. The highest BCUT2D eigenvalue weighted by Crippen LogP contribution is 2.22. The molecule has 0 unspecified atom stereocenters. The van der Waals surface area contributed by atoms with Gasteiger partial charge in [0.05, 0.1) is 0 Å². The second kappa shape index (κ2) is 14.8. The zero-order valence-corrected chi connectivity index (χ0v) is 17.3. The fraction of sp³-hybridized carbons (Fsp3) is 0.667. The van der Waals surface area contributed by atoms with Crippen molar-refractivity contribution in [3.8, 4) is 0 Å². The van der Waals surface area contributed by atoms with E-state index in [0.717, 1.165) is 17.4 Å². The molecule has 3 heteroatoms. The van der Waals surface area contributed by atoms with Crippen LogP contribution in [0.2, 0.25) is 0 Å². The molecule has 0 aliphatic heterocycles. The summed E-state index contributed by atoms with van der Waals surface area (Å²) in [5.41, 5.74) is 0. The lowest BCUT2D eigenvalue weighted by atomic mass is 10.1. The van der Waals surface area contributed by atoms with Crippen molar-refractivity contribution in [1.82, 2.24) is 4.90 Å². The number of hydrogen-bond acceptors (Lipinski definition) is 2. The first kappa shape index (κ1) is 21.5. The van der Waals surface area contributed by atoms with Crippen LogP contribution in [-0.4, -0.2) is 22.3 Å². The standard InChI is InChI=1S/C21H35NS2/c1-3-5-7-9-14-18-22(19-15-10-8-6-4-2)21(23)24-20-16-12-11-13-17-20/h11-13,16-17H,3-10,14-15,18-19H2,1-2H3. The molecule has 0 aromatic heterocycles. The van der Waals surface area contributed by atoms with Crippen LogP contribution in [0.15, 0.2) is 35.2 Å². The van der Waals surface area contributed by atoms with Gasteiger partial charge in [0.15, 0.2) is 0 Å². The smallest absolute Gasteiger partial charge is 0.141 e. The molecule has 0 saturated carbocycles. The number of thioether (sulfide) groups is 1. The summed E-state index contributed by atoms with van der Waals surface area (Å²) in [7, 11) is 0. The largest absolute Gasteiger partial charge is 0.357 e. The minimum Gasteiger partial charge on any atom is -0.357 e. The number of unbranched alkanes of at least 4 members (excludes halogenated alkanes) is 8. The molecule has 136 valence electrons. The molecular formula is C21H35NS2. The molecule has 0 heterocycles. The highest BCUT2D eigenvalue weighted by atomic mass is 32.2. The number of benzene rings is 1. The fourth-order valence-corrected chi connectivity index (χ4v) is 4.04. The Morgan fingerprint density at radius 3 is 1.79 bits per heavy atom. The maximum absolute atomic E-state index is 5.75. The number of nitrogens with zero attached hydrogens (tertiary/aromatic N) is 1. The van der Waals surface area contributed by atoms with E-state index in [9.17, 15) is 0 Å².